The van der Waals surface area contributed by atoms with E-state index >= 15 is 0 Å². The molecule has 0 aromatic carbocycles. The molecule has 0 aromatic heterocycles. The zero-order chi connectivity index (χ0) is 26.3. The van der Waals surface area contributed by atoms with Crippen LogP contribution < -0.4 is 33.2 Å². The van der Waals surface area contributed by atoms with Crippen molar-refractivity contribution in [2.24, 2.45) is 28.1 Å². The van der Waals surface area contributed by atoms with Crippen LogP contribution in [-0.2, 0) is 19.2 Å². The number of nitrogens with one attached hydrogen (secondary N) is 3. The van der Waals surface area contributed by atoms with Crippen LogP contribution in [0.1, 0.15) is 39.5 Å². The first-order valence-electron chi connectivity index (χ1n) is 11.0. The minimum absolute atomic E-state index is 0.0419. The van der Waals surface area contributed by atoms with Crippen LogP contribution in [0.25, 0.3) is 0 Å². The average Bonchev–Trinajstić information content (AvgIpc) is 2.76. The van der Waals surface area contributed by atoms with E-state index in [-0.39, 0.29) is 24.1 Å². The van der Waals surface area contributed by atoms with Crippen molar-refractivity contribution in [2.75, 3.05) is 24.3 Å². The Hall–Kier alpha value is -2.19. The minimum atomic E-state index is -1.16. The first-order valence-corrected chi connectivity index (χ1v) is 13.0. The van der Waals surface area contributed by atoms with Gasteiger partial charge >= 0.3 is 5.97 Å². The van der Waals surface area contributed by atoms with Crippen LogP contribution in [0.5, 0.6) is 0 Å². The smallest absolute Gasteiger partial charge is 0.326 e. The summed E-state index contributed by atoms with van der Waals surface area (Å²) in [5, 5.41) is 17.0. The van der Waals surface area contributed by atoms with Gasteiger partial charge in [-0.25, -0.2) is 4.79 Å². The van der Waals surface area contributed by atoms with Gasteiger partial charge in [-0.3, -0.25) is 19.4 Å². The maximum atomic E-state index is 12.9. The van der Waals surface area contributed by atoms with Gasteiger partial charge in [-0.05, 0) is 43.6 Å². The summed E-state index contributed by atoms with van der Waals surface area (Å²) >= 11 is 5.60. The van der Waals surface area contributed by atoms with Gasteiger partial charge in [0.1, 0.15) is 18.1 Å². The predicted molar refractivity (Wildman–Crippen MR) is 138 cm³/mol. The second-order valence-electron chi connectivity index (χ2n) is 8.17. The molecule has 0 spiro atoms. The van der Waals surface area contributed by atoms with Gasteiger partial charge in [-0.2, -0.15) is 24.4 Å². The maximum absolute atomic E-state index is 12.9. The molecule has 34 heavy (non-hydrogen) atoms. The zero-order valence-corrected chi connectivity index (χ0v) is 21.7. The molecule has 0 aliphatic heterocycles. The van der Waals surface area contributed by atoms with Crippen molar-refractivity contribution in [3.05, 3.63) is 0 Å². The molecule has 10 N–H and O–H groups in total. The molecule has 0 heterocycles. The van der Waals surface area contributed by atoms with E-state index in [0.717, 1.165) is 0 Å². The first-order chi connectivity index (χ1) is 15.9. The molecule has 4 unspecified atom stereocenters. The number of carboxylic acids is 1. The van der Waals surface area contributed by atoms with Crippen LogP contribution in [0, 0.1) is 5.92 Å². The molecule has 0 saturated heterocycles. The highest BCUT2D eigenvalue weighted by Crippen LogP contribution is 2.07. The summed E-state index contributed by atoms with van der Waals surface area (Å²) in [6.45, 7) is 4.00. The van der Waals surface area contributed by atoms with Crippen LogP contribution in [0.15, 0.2) is 4.99 Å². The molecule has 0 aliphatic rings. The molecule has 0 bridgehead atoms. The number of guanidine groups is 1. The van der Waals surface area contributed by atoms with E-state index in [1.807, 2.05) is 20.1 Å². The second kappa shape index (κ2) is 17.3. The fraction of sp³-hybridized carbons (Fsp3) is 0.750. The first kappa shape index (κ1) is 31.8. The molecule has 0 aromatic rings. The highest BCUT2D eigenvalue weighted by atomic mass is 32.2. The number of aliphatic carboxylic acids is 1. The number of carboxylic acid groups (broad SMARTS) is 1. The summed E-state index contributed by atoms with van der Waals surface area (Å²) in [6, 6.07) is -3.96. The number of nitrogens with zero attached hydrogens (tertiary/aromatic N) is 1. The Balaban J connectivity index is 5.11. The second-order valence-corrected chi connectivity index (χ2v) is 9.52. The maximum Gasteiger partial charge on any atom is 0.326 e. The number of amides is 3. The van der Waals surface area contributed by atoms with E-state index in [0.29, 0.717) is 31.6 Å². The Morgan fingerprint density at radius 2 is 1.53 bits per heavy atom. The normalized spacial score (nSPS) is 14.4. The lowest BCUT2D eigenvalue weighted by Gasteiger charge is -2.24. The Morgan fingerprint density at radius 3 is 2.03 bits per heavy atom. The van der Waals surface area contributed by atoms with Gasteiger partial charge in [0.2, 0.25) is 17.7 Å². The molecule has 4 atom stereocenters. The zero-order valence-electron chi connectivity index (χ0n) is 20.0. The van der Waals surface area contributed by atoms with Gasteiger partial charge in [-0.15, -0.1) is 0 Å². The van der Waals surface area contributed by atoms with Crippen molar-refractivity contribution in [3.8, 4) is 0 Å². The van der Waals surface area contributed by atoms with Gasteiger partial charge in [-0.1, -0.05) is 13.8 Å². The van der Waals surface area contributed by atoms with Crippen LogP contribution >= 0.6 is 24.4 Å². The van der Waals surface area contributed by atoms with E-state index in [9.17, 15) is 24.3 Å². The summed E-state index contributed by atoms with van der Waals surface area (Å²) in [6.07, 6.45) is 3.20. The lowest BCUT2D eigenvalue weighted by Crippen LogP contribution is -2.57. The van der Waals surface area contributed by atoms with Crippen LogP contribution in [0.4, 0.5) is 0 Å². The SMILES string of the molecule is CSCCC(NC(=O)C(N)CCCN=C(N)N)C(=O)NC(CS)C(=O)NC(CC(C)C)C(=O)O. The number of nitrogens with two attached hydrogens (primary N) is 3. The third kappa shape index (κ3) is 13.5. The summed E-state index contributed by atoms with van der Waals surface area (Å²) in [5.74, 6) is -2.41. The Kier molecular flexibility index (Phi) is 16.2. The number of thiol groups is 1. The van der Waals surface area contributed by atoms with Crippen molar-refractivity contribution >= 4 is 54.0 Å². The Labute approximate surface area is 210 Å². The van der Waals surface area contributed by atoms with Crippen molar-refractivity contribution < 1.29 is 24.3 Å². The van der Waals surface area contributed by atoms with Gasteiger partial charge in [0, 0.05) is 12.3 Å². The fourth-order valence-electron chi connectivity index (χ4n) is 2.87. The van der Waals surface area contributed by atoms with Crippen LogP contribution in [0.3, 0.4) is 0 Å². The van der Waals surface area contributed by atoms with Gasteiger partial charge in [0.05, 0.1) is 6.04 Å². The van der Waals surface area contributed by atoms with Gasteiger partial charge in [0.25, 0.3) is 0 Å². The van der Waals surface area contributed by atoms with Crippen LogP contribution in [-0.4, -0.2) is 83.2 Å². The van der Waals surface area contributed by atoms with Crippen molar-refractivity contribution in [3.63, 3.8) is 0 Å². The van der Waals surface area contributed by atoms with Crippen molar-refractivity contribution in [1.82, 2.24) is 16.0 Å². The third-order valence-corrected chi connectivity index (χ3v) is 5.69. The molecule has 0 saturated carbocycles. The number of hydrogen-bond acceptors (Lipinski definition) is 8. The number of thioether (sulfide) groups is 1. The molecular formula is C20H39N7O5S2. The molecule has 0 fully saturated rings. The number of carbonyl (C=O) groups excluding carboxylic acids is 3. The highest BCUT2D eigenvalue weighted by molar-refractivity contribution is 7.98. The van der Waals surface area contributed by atoms with E-state index in [1.54, 1.807) is 0 Å². The Morgan fingerprint density at radius 1 is 0.971 bits per heavy atom. The van der Waals surface area contributed by atoms with Crippen molar-refractivity contribution in [1.29, 1.82) is 0 Å². The number of aliphatic imine (C=N–C) groups is 1. The highest BCUT2D eigenvalue weighted by Gasteiger charge is 2.29. The van der Waals surface area contributed by atoms with Gasteiger partial charge in [0.15, 0.2) is 5.96 Å². The molecule has 14 heteroatoms. The largest absolute Gasteiger partial charge is 0.480 e. The number of hydrogen-bond donors (Lipinski definition) is 8. The quantitative estimate of drug-likeness (QED) is 0.0490. The standard InChI is InChI=1S/C20H39N7O5S2/c1-11(2)9-14(19(31)32)26-18(30)15(10-33)27-17(29)13(6-8-34-3)25-16(28)12(21)5-4-7-24-20(22)23/h11-15,33H,4-10,21H2,1-3H3,(H,25,28)(H,26,30)(H,27,29)(H,31,32)(H4,22,23,24). The molecule has 0 rings (SSSR count). The van der Waals surface area contributed by atoms with Gasteiger partial charge < -0.3 is 38.3 Å². The van der Waals surface area contributed by atoms with E-state index < -0.39 is 47.9 Å². The Bertz CT molecular complexity index is 705. The summed E-state index contributed by atoms with van der Waals surface area (Å²) in [7, 11) is 0. The van der Waals surface area contributed by atoms with E-state index in [1.165, 1.54) is 11.8 Å². The predicted octanol–water partition coefficient (Wildman–Crippen LogP) is -1.36. The average molecular weight is 522 g/mol. The third-order valence-electron chi connectivity index (χ3n) is 4.69. The molecule has 3 amide bonds. The number of carbonyl (C=O) groups is 4. The summed E-state index contributed by atoms with van der Waals surface area (Å²) < 4.78 is 0. The van der Waals surface area contributed by atoms with E-state index in [2.05, 4.69) is 33.6 Å². The van der Waals surface area contributed by atoms with Crippen LogP contribution in [0.2, 0.25) is 0 Å². The minimum Gasteiger partial charge on any atom is -0.480 e. The molecule has 196 valence electrons. The summed E-state index contributed by atoms with van der Waals surface area (Å²) in [4.78, 5) is 53.2. The fourth-order valence-corrected chi connectivity index (χ4v) is 3.59. The number of rotatable bonds is 17. The van der Waals surface area contributed by atoms with Crippen molar-refractivity contribution in [2.45, 2.75) is 63.7 Å². The molecule has 12 nitrogen and oxygen atoms in total. The topological polar surface area (TPSA) is 215 Å². The molecule has 0 radical (unpaired) electrons. The lowest BCUT2D eigenvalue weighted by atomic mass is 10.0. The monoisotopic (exact) mass is 521 g/mol. The molecular weight excluding hydrogens is 482 g/mol. The lowest BCUT2D eigenvalue weighted by molar-refractivity contribution is -0.142. The molecule has 0 aliphatic carbocycles. The van der Waals surface area contributed by atoms with E-state index in [4.69, 9.17) is 17.2 Å². The summed E-state index contributed by atoms with van der Waals surface area (Å²) in [5.41, 5.74) is 16.4.